The summed E-state index contributed by atoms with van der Waals surface area (Å²) in [5.41, 5.74) is 14.0. The third-order valence-electron chi connectivity index (χ3n) is 9.11. The van der Waals surface area contributed by atoms with Crippen LogP contribution in [0.25, 0.3) is 22.2 Å². The number of aromatic nitrogens is 2. The number of carbonyl (C=O) groups is 1. The number of nitrogens with zero attached hydrogens (tertiary/aromatic N) is 2. The molecule has 3 N–H and O–H groups in total. The molecule has 226 valence electrons. The van der Waals surface area contributed by atoms with Crippen molar-refractivity contribution in [3.05, 3.63) is 93.4 Å². The third-order valence-corrected chi connectivity index (χ3v) is 9.91. The average molecular weight is 607 g/mol. The maximum absolute atomic E-state index is 13.9. The number of benzene rings is 3. The summed E-state index contributed by atoms with van der Waals surface area (Å²) in [7, 11) is 1.69. The highest BCUT2D eigenvalue weighted by atomic mass is 32.1. The SMILES string of the molecule is COc1ccc2c(c1)OCCn1c-2c(C2CCCCC2)c2ccc(C(=O)N[C@@H](Cc3ccc(N)cc3)c3csc(C)n3)cc21. The number of nitrogen functional groups attached to an aromatic ring is 1. The second-order valence-corrected chi connectivity index (χ2v) is 13.0. The summed E-state index contributed by atoms with van der Waals surface area (Å²) in [6.45, 7) is 3.24. The Kier molecular flexibility index (Phi) is 7.77. The highest BCUT2D eigenvalue weighted by molar-refractivity contribution is 7.09. The van der Waals surface area contributed by atoms with E-state index in [4.69, 9.17) is 20.2 Å². The lowest BCUT2D eigenvalue weighted by Crippen LogP contribution is -2.30. The number of amides is 1. The highest BCUT2D eigenvalue weighted by Crippen LogP contribution is 2.47. The fourth-order valence-electron chi connectivity index (χ4n) is 6.94. The van der Waals surface area contributed by atoms with Crippen LogP contribution in [0.5, 0.6) is 11.5 Å². The van der Waals surface area contributed by atoms with Crippen molar-refractivity contribution >= 4 is 33.8 Å². The number of aryl methyl sites for hydroxylation is 1. The number of fused-ring (bicyclic) bond motifs is 5. The highest BCUT2D eigenvalue weighted by Gasteiger charge is 2.30. The number of methoxy groups -OCH3 is 1. The van der Waals surface area contributed by atoms with E-state index in [0.29, 0.717) is 31.1 Å². The van der Waals surface area contributed by atoms with Gasteiger partial charge in [0.2, 0.25) is 0 Å². The lowest BCUT2D eigenvalue weighted by atomic mass is 9.81. The van der Waals surface area contributed by atoms with Gasteiger partial charge in [-0.2, -0.15) is 0 Å². The van der Waals surface area contributed by atoms with Gasteiger partial charge in [-0.1, -0.05) is 37.5 Å². The van der Waals surface area contributed by atoms with Gasteiger partial charge >= 0.3 is 0 Å². The first kappa shape index (κ1) is 28.5. The number of carbonyl (C=O) groups excluding carboxylic acids is 1. The lowest BCUT2D eigenvalue weighted by Gasteiger charge is -2.23. The number of hydrogen-bond donors (Lipinski definition) is 2. The number of rotatable bonds is 7. The molecule has 1 aliphatic heterocycles. The lowest BCUT2D eigenvalue weighted by molar-refractivity contribution is 0.0936. The smallest absolute Gasteiger partial charge is 0.251 e. The third kappa shape index (κ3) is 5.43. The van der Waals surface area contributed by atoms with Crippen LogP contribution in [0.1, 0.15) is 76.3 Å². The first-order chi connectivity index (χ1) is 21.5. The Balaban J connectivity index is 1.29. The molecule has 0 radical (unpaired) electrons. The average Bonchev–Trinajstić information content (AvgIpc) is 3.57. The van der Waals surface area contributed by atoms with E-state index in [1.165, 1.54) is 48.7 Å². The summed E-state index contributed by atoms with van der Waals surface area (Å²) in [4.78, 5) is 18.7. The molecule has 8 heteroatoms. The van der Waals surface area contributed by atoms with Crippen molar-refractivity contribution < 1.29 is 14.3 Å². The number of anilines is 1. The monoisotopic (exact) mass is 606 g/mol. The second-order valence-electron chi connectivity index (χ2n) is 12.0. The van der Waals surface area contributed by atoms with Crippen molar-refractivity contribution in [3.63, 3.8) is 0 Å². The van der Waals surface area contributed by atoms with Gasteiger partial charge in [-0.05, 0) is 79.6 Å². The van der Waals surface area contributed by atoms with Crippen molar-refractivity contribution in [2.45, 2.75) is 64.0 Å². The Bertz CT molecular complexity index is 1820. The molecule has 3 heterocycles. The van der Waals surface area contributed by atoms with E-state index in [2.05, 4.69) is 28.1 Å². The Labute approximate surface area is 262 Å². The molecule has 0 saturated heterocycles. The fraction of sp³-hybridized carbons (Fsp3) is 0.333. The maximum atomic E-state index is 13.9. The summed E-state index contributed by atoms with van der Waals surface area (Å²) >= 11 is 1.60. The molecule has 44 heavy (non-hydrogen) atoms. The van der Waals surface area contributed by atoms with E-state index < -0.39 is 0 Å². The zero-order valence-corrected chi connectivity index (χ0v) is 26.1. The summed E-state index contributed by atoms with van der Waals surface area (Å²) < 4.78 is 14.2. The fourth-order valence-corrected chi connectivity index (χ4v) is 7.60. The van der Waals surface area contributed by atoms with Crippen molar-refractivity contribution in [2.24, 2.45) is 0 Å². The molecule has 0 bridgehead atoms. The van der Waals surface area contributed by atoms with Gasteiger partial charge in [-0.25, -0.2) is 4.98 Å². The van der Waals surface area contributed by atoms with Crippen LogP contribution in [0.15, 0.2) is 66.0 Å². The quantitative estimate of drug-likeness (QED) is 0.184. The number of thiazole rings is 1. The van der Waals surface area contributed by atoms with Crippen LogP contribution in [0, 0.1) is 6.92 Å². The number of nitrogens with two attached hydrogens (primary N) is 1. The Morgan fingerprint density at radius 1 is 1.11 bits per heavy atom. The number of hydrogen-bond acceptors (Lipinski definition) is 6. The zero-order chi connectivity index (χ0) is 30.2. The van der Waals surface area contributed by atoms with E-state index >= 15 is 0 Å². The molecule has 0 spiro atoms. The molecule has 0 unspecified atom stereocenters. The summed E-state index contributed by atoms with van der Waals surface area (Å²) in [5, 5.41) is 7.56. The normalized spacial score (nSPS) is 15.6. The zero-order valence-electron chi connectivity index (χ0n) is 25.3. The van der Waals surface area contributed by atoms with Gasteiger partial charge in [0.05, 0.1) is 36.1 Å². The van der Waals surface area contributed by atoms with Crippen LogP contribution in [0.2, 0.25) is 0 Å². The van der Waals surface area contributed by atoms with E-state index in [9.17, 15) is 4.79 Å². The van der Waals surface area contributed by atoms with E-state index in [-0.39, 0.29) is 11.9 Å². The molecule has 7 rings (SSSR count). The first-order valence-electron chi connectivity index (χ1n) is 15.5. The van der Waals surface area contributed by atoms with Crippen LogP contribution >= 0.6 is 11.3 Å². The predicted molar refractivity (Wildman–Crippen MR) is 177 cm³/mol. The number of nitrogens with one attached hydrogen (secondary N) is 1. The summed E-state index contributed by atoms with van der Waals surface area (Å²) in [5.74, 6) is 2.01. The molecule has 1 atom stereocenters. The molecule has 3 aromatic carbocycles. The molecule has 1 aliphatic carbocycles. The molecule has 5 aromatic rings. The predicted octanol–water partition coefficient (Wildman–Crippen LogP) is 7.82. The Morgan fingerprint density at radius 3 is 2.68 bits per heavy atom. The molecular formula is C36H38N4O3S. The standard InChI is InChI=1S/C36H38N4O3S/c1-22-38-31(21-44-22)30(18-23-8-11-26(37)12-9-23)39-36(41)25-10-14-28-32(19-25)40-16-17-43-33-20-27(42-2)13-15-29(33)35(40)34(28)24-6-4-3-5-7-24/h8-15,19-21,24,30H,3-7,16-18,37H2,1-2H3,(H,39,41)/t30-/m0/s1. The van der Waals surface area contributed by atoms with Gasteiger partial charge in [0.15, 0.2) is 0 Å². The van der Waals surface area contributed by atoms with Crippen LogP contribution in [-0.4, -0.2) is 29.2 Å². The molecule has 2 aromatic heterocycles. The summed E-state index contributed by atoms with van der Waals surface area (Å²) in [6.07, 6.45) is 6.77. The van der Waals surface area contributed by atoms with Crippen molar-refractivity contribution in [1.29, 1.82) is 0 Å². The van der Waals surface area contributed by atoms with Crippen molar-refractivity contribution in [2.75, 3.05) is 19.5 Å². The Morgan fingerprint density at radius 2 is 1.93 bits per heavy atom. The maximum Gasteiger partial charge on any atom is 0.251 e. The van der Waals surface area contributed by atoms with Crippen LogP contribution in [0.3, 0.4) is 0 Å². The minimum absolute atomic E-state index is 0.109. The van der Waals surface area contributed by atoms with Gasteiger partial charge in [-0.3, -0.25) is 4.79 Å². The first-order valence-corrected chi connectivity index (χ1v) is 16.4. The molecule has 1 saturated carbocycles. The minimum atomic E-state index is -0.260. The minimum Gasteiger partial charge on any atom is -0.497 e. The Hall–Kier alpha value is -4.30. The second kappa shape index (κ2) is 12.0. The summed E-state index contributed by atoms with van der Waals surface area (Å²) in [6, 6.07) is 19.9. The molecule has 7 nitrogen and oxygen atoms in total. The van der Waals surface area contributed by atoms with Gasteiger partial charge in [0.1, 0.15) is 18.1 Å². The topological polar surface area (TPSA) is 91.4 Å². The van der Waals surface area contributed by atoms with Gasteiger partial charge in [0.25, 0.3) is 5.91 Å². The van der Waals surface area contributed by atoms with Crippen molar-refractivity contribution in [1.82, 2.24) is 14.9 Å². The largest absolute Gasteiger partial charge is 0.497 e. The van der Waals surface area contributed by atoms with Gasteiger partial charge < -0.3 is 25.1 Å². The van der Waals surface area contributed by atoms with Crippen molar-refractivity contribution in [3.8, 4) is 22.8 Å². The van der Waals surface area contributed by atoms with Crippen LogP contribution in [-0.2, 0) is 13.0 Å². The van der Waals surface area contributed by atoms with Crippen LogP contribution in [0.4, 0.5) is 5.69 Å². The van der Waals surface area contributed by atoms with E-state index in [1.807, 2.05) is 54.8 Å². The number of ether oxygens (including phenoxy) is 2. The molecule has 1 amide bonds. The molecule has 1 fully saturated rings. The molecule has 2 aliphatic rings. The van der Waals surface area contributed by atoms with Gasteiger partial charge in [-0.15, -0.1) is 11.3 Å². The van der Waals surface area contributed by atoms with E-state index in [0.717, 1.165) is 44.5 Å². The van der Waals surface area contributed by atoms with E-state index in [1.54, 1.807) is 18.4 Å². The van der Waals surface area contributed by atoms with Gasteiger partial charge in [0, 0.05) is 39.2 Å². The molecular weight excluding hydrogens is 568 g/mol. The van der Waals surface area contributed by atoms with Crippen LogP contribution < -0.4 is 20.5 Å².